The summed E-state index contributed by atoms with van der Waals surface area (Å²) in [5.74, 6) is -3.56. The smallest absolute Gasteiger partial charge is 0.768 e. The molecular weight excluding hydrogens is 273 g/mol. The van der Waals surface area contributed by atoms with Gasteiger partial charge in [-0.05, 0) is 29.3 Å². The zero-order valence-electron chi connectivity index (χ0n) is 8.09. The van der Waals surface area contributed by atoms with E-state index in [2.05, 4.69) is 0 Å². The van der Waals surface area contributed by atoms with E-state index in [4.69, 9.17) is 0 Å². The maximum Gasteiger partial charge on any atom is 1.00 e. The van der Waals surface area contributed by atoms with Crippen molar-refractivity contribution in [3.8, 4) is 0 Å². The van der Waals surface area contributed by atoms with Crippen molar-refractivity contribution < 1.29 is 55.5 Å². The van der Waals surface area contributed by atoms with Gasteiger partial charge in [0.15, 0.2) is 0 Å². The van der Waals surface area contributed by atoms with E-state index in [1.165, 1.54) is 0 Å². The van der Waals surface area contributed by atoms with Crippen LogP contribution < -0.4 is 29.6 Å². The molecule has 1 unspecified atom stereocenters. The normalized spacial score (nSPS) is 13.2. The van der Waals surface area contributed by atoms with E-state index < -0.39 is 31.6 Å². The van der Waals surface area contributed by atoms with Gasteiger partial charge < -0.3 is 4.55 Å². The van der Waals surface area contributed by atoms with E-state index in [1.54, 1.807) is 0 Å². The predicted molar refractivity (Wildman–Crippen MR) is 46.8 cm³/mol. The van der Waals surface area contributed by atoms with E-state index in [-0.39, 0.29) is 34.5 Å². The number of sulfone groups is 1. The van der Waals surface area contributed by atoms with Crippen molar-refractivity contribution in [2.45, 2.75) is 15.5 Å². The molecule has 0 aliphatic rings. The minimum absolute atomic E-state index is 0. The quantitative estimate of drug-likeness (QED) is 0.470. The van der Waals surface area contributed by atoms with Gasteiger partial charge in [0.1, 0.15) is 0 Å². The Labute approximate surface area is 116 Å². The van der Waals surface area contributed by atoms with Crippen LogP contribution in [-0.2, 0) is 20.9 Å². The largest absolute Gasteiger partial charge is 1.00 e. The Bertz CT molecular complexity index is 489. The first-order valence-corrected chi connectivity index (χ1v) is 6.19. The van der Waals surface area contributed by atoms with E-state index in [9.17, 15) is 26.0 Å². The summed E-state index contributed by atoms with van der Waals surface area (Å²) in [5, 5.41) is 0. The maximum absolute atomic E-state index is 12.1. The number of hydrogen-bond donors (Lipinski definition) is 0. The summed E-state index contributed by atoms with van der Waals surface area (Å²) in [6.45, 7) is 0. The molecular formula is C7H5F2NaO4S2. The Morgan fingerprint density at radius 1 is 1.31 bits per heavy atom. The number of halogens is 2. The molecule has 16 heavy (non-hydrogen) atoms. The third-order valence-corrected chi connectivity index (χ3v) is 3.58. The minimum Gasteiger partial charge on any atom is -0.768 e. The Balaban J connectivity index is 0.00000225. The van der Waals surface area contributed by atoms with Crippen molar-refractivity contribution in [1.82, 2.24) is 0 Å². The fraction of sp³-hybridized carbons (Fsp3) is 0.143. The summed E-state index contributed by atoms with van der Waals surface area (Å²) in [6.07, 6.45) is 0. The van der Waals surface area contributed by atoms with Crippen molar-refractivity contribution in [2.75, 3.05) is 0 Å². The summed E-state index contributed by atoms with van der Waals surface area (Å²) >= 11 is -2.65. The van der Waals surface area contributed by atoms with Crippen molar-refractivity contribution >= 4 is 20.9 Å². The second-order valence-electron chi connectivity index (χ2n) is 2.52. The molecule has 1 rings (SSSR count). The Morgan fingerprint density at radius 3 is 2.31 bits per heavy atom. The molecule has 0 heterocycles. The van der Waals surface area contributed by atoms with Crippen molar-refractivity contribution in [2.24, 2.45) is 0 Å². The summed E-state index contributed by atoms with van der Waals surface area (Å²) in [4.78, 5) is -1.06. The number of hydrogen-bond acceptors (Lipinski definition) is 4. The van der Waals surface area contributed by atoms with Crippen LogP contribution in [0.2, 0.25) is 0 Å². The third kappa shape index (κ3) is 3.57. The topological polar surface area (TPSA) is 74.3 Å². The van der Waals surface area contributed by atoms with Gasteiger partial charge in [-0.2, -0.15) is 8.78 Å². The van der Waals surface area contributed by atoms with Crippen LogP contribution in [0.4, 0.5) is 8.78 Å². The SMILES string of the molecule is O=S([O-])c1cccc(S(=O)(=O)C(F)F)c1.[Na+]. The van der Waals surface area contributed by atoms with Gasteiger partial charge in [-0.15, -0.1) is 0 Å². The maximum atomic E-state index is 12.1. The average Bonchev–Trinajstić information content (AvgIpc) is 2.17. The Morgan fingerprint density at radius 2 is 1.88 bits per heavy atom. The molecule has 1 aromatic rings. The van der Waals surface area contributed by atoms with Gasteiger partial charge in [0.05, 0.1) is 4.90 Å². The monoisotopic (exact) mass is 278 g/mol. The molecule has 1 atom stereocenters. The first-order valence-electron chi connectivity index (χ1n) is 3.57. The molecule has 0 fully saturated rings. The molecule has 0 bridgehead atoms. The molecule has 0 aromatic heterocycles. The van der Waals surface area contributed by atoms with E-state index in [0.29, 0.717) is 6.07 Å². The Hall–Kier alpha value is 0.140. The van der Waals surface area contributed by atoms with Crippen molar-refractivity contribution in [3.63, 3.8) is 0 Å². The fourth-order valence-corrected chi connectivity index (χ4v) is 2.11. The molecule has 0 amide bonds. The number of rotatable bonds is 3. The van der Waals surface area contributed by atoms with Crippen molar-refractivity contribution in [3.05, 3.63) is 24.3 Å². The van der Waals surface area contributed by atoms with Crippen LogP contribution in [0.3, 0.4) is 0 Å². The van der Waals surface area contributed by atoms with Gasteiger partial charge in [0, 0.05) is 4.90 Å². The molecule has 0 aliphatic carbocycles. The van der Waals surface area contributed by atoms with Crippen LogP contribution in [0.25, 0.3) is 0 Å². The molecule has 0 N–H and O–H groups in total. The van der Waals surface area contributed by atoms with E-state index >= 15 is 0 Å². The average molecular weight is 278 g/mol. The van der Waals surface area contributed by atoms with Crippen LogP contribution in [0.1, 0.15) is 0 Å². The molecule has 9 heteroatoms. The molecule has 0 aliphatic heterocycles. The molecule has 0 saturated carbocycles. The molecule has 4 nitrogen and oxygen atoms in total. The van der Waals surface area contributed by atoms with Gasteiger partial charge in [0.25, 0.3) is 0 Å². The second kappa shape index (κ2) is 6.18. The summed E-state index contributed by atoms with van der Waals surface area (Å²) in [7, 11) is -4.74. The zero-order chi connectivity index (χ0) is 11.6. The van der Waals surface area contributed by atoms with Crippen LogP contribution in [0.5, 0.6) is 0 Å². The molecule has 1 aromatic carbocycles. The minimum atomic E-state index is -4.74. The summed E-state index contributed by atoms with van der Waals surface area (Å²) in [5.41, 5.74) is 0. The van der Waals surface area contributed by atoms with Crippen LogP contribution in [0, 0.1) is 0 Å². The van der Waals surface area contributed by atoms with Gasteiger partial charge in [0.2, 0.25) is 9.84 Å². The first kappa shape index (κ1) is 16.1. The molecule has 84 valence electrons. The van der Waals surface area contributed by atoms with Gasteiger partial charge >= 0.3 is 35.3 Å². The van der Waals surface area contributed by atoms with Crippen LogP contribution in [-0.4, -0.2) is 22.9 Å². The number of benzene rings is 1. The fourth-order valence-electron chi connectivity index (χ4n) is 0.858. The van der Waals surface area contributed by atoms with Gasteiger partial charge in [-0.1, -0.05) is 6.07 Å². The standard InChI is InChI=1S/C7H6F2O4S2.Na/c8-7(9)15(12,13)6-3-1-2-5(4-6)14(10)11;/h1-4,7H,(H,10,11);/q;+1/p-1. The van der Waals surface area contributed by atoms with Crippen molar-refractivity contribution in [1.29, 1.82) is 0 Å². The molecule has 0 spiro atoms. The van der Waals surface area contributed by atoms with Crippen LogP contribution >= 0.6 is 0 Å². The Kier molecular flexibility index (Phi) is 6.23. The third-order valence-electron chi connectivity index (χ3n) is 1.56. The summed E-state index contributed by atoms with van der Waals surface area (Å²) in [6, 6.07) is 3.79. The molecule has 0 saturated heterocycles. The van der Waals surface area contributed by atoms with E-state index in [1.807, 2.05) is 0 Å². The molecule has 0 radical (unpaired) electrons. The number of alkyl halides is 2. The summed E-state index contributed by atoms with van der Waals surface area (Å²) < 4.78 is 67.0. The predicted octanol–water partition coefficient (Wildman–Crippen LogP) is -2.08. The van der Waals surface area contributed by atoms with Gasteiger partial charge in [-0.25, -0.2) is 8.42 Å². The second-order valence-corrected chi connectivity index (χ2v) is 5.37. The first-order chi connectivity index (χ1) is 6.85. The van der Waals surface area contributed by atoms with Gasteiger partial charge in [-0.3, -0.25) is 4.21 Å². The van der Waals surface area contributed by atoms with Crippen LogP contribution in [0.15, 0.2) is 34.1 Å². The zero-order valence-corrected chi connectivity index (χ0v) is 11.7. The van der Waals surface area contributed by atoms with E-state index in [0.717, 1.165) is 18.2 Å².